The minimum absolute atomic E-state index is 0.238. The van der Waals surface area contributed by atoms with Gasteiger partial charge in [0, 0.05) is 14.1 Å². The van der Waals surface area contributed by atoms with E-state index in [-0.39, 0.29) is 11.4 Å². The molecular weight excluding hydrogens is 164 g/mol. The van der Waals surface area contributed by atoms with Crippen LogP contribution in [0.25, 0.3) is 0 Å². The van der Waals surface area contributed by atoms with E-state index < -0.39 is 0 Å². The predicted octanol–water partition coefficient (Wildman–Crippen LogP) is 0.997. The molecule has 0 aromatic heterocycles. The van der Waals surface area contributed by atoms with Crippen LogP contribution in [0.5, 0.6) is 0 Å². The topological polar surface area (TPSA) is 32.3 Å². The van der Waals surface area contributed by atoms with Crippen molar-refractivity contribution >= 4 is 5.91 Å². The van der Waals surface area contributed by atoms with E-state index in [1.165, 1.54) is 0 Å². The molecule has 3 heteroatoms. The van der Waals surface area contributed by atoms with Crippen LogP contribution in [0, 0.1) is 0 Å². The van der Waals surface area contributed by atoms with Gasteiger partial charge in [0.25, 0.3) is 0 Å². The Morgan fingerprint density at radius 1 is 1.54 bits per heavy atom. The van der Waals surface area contributed by atoms with Gasteiger partial charge in [-0.15, -0.1) is 0 Å². The lowest BCUT2D eigenvalue weighted by Crippen LogP contribution is -2.52. The van der Waals surface area contributed by atoms with Gasteiger partial charge < -0.3 is 10.2 Å². The van der Waals surface area contributed by atoms with Crippen molar-refractivity contribution in [3.8, 4) is 0 Å². The maximum absolute atomic E-state index is 11.9. The van der Waals surface area contributed by atoms with Gasteiger partial charge in [-0.05, 0) is 25.8 Å². The Morgan fingerprint density at radius 2 is 2.23 bits per heavy atom. The second-order valence-electron chi connectivity index (χ2n) is 4.06. The van der Waals surface area contributed by atoms with Crippen molar-refractivity contribution in [3.05, 3.63) is 0 Å². The Morgan fingerprint density at radius 3 is 2.62 bits per heavy atom. The van der Waals surface area contributed by atoms with E-state index in [1.807, 2.05) is 14.1 Å². The largest absolute Gasteiger partial charge is 0.347 e. The Hall–Kier alpha value is -0.570. The molecule has 1 rings (SSSR count). The zero-order valence-corrected chi connectivity index (χ0v) is 8.89. The van der Waals surface area contributed by atoms with Gasteiger partial charge in [0.1, 0.15) is 0 Å². The van der Waals surface area contributed by atoms with E-state index in [2.05, 4.69) is 12.2 Å². The Bertz CT molecular complexity index is 183. The number of hydrogen-bond donors (Lipinski definition) is 1. The molecule has 0 aromatic carbocycles. The lowest BCUT2D eigenvalue weighted by molar-refractivity contribution is -0.135. The molecule has 0 aromatic rings. The van der Waals surface area contributed by atoms with Crippen LogP contribution in [0.1, 0.15) is 32.6 Å². The zero-order valence-electron chi connectivity index (χ0n) is 8.89. The van der Waals surface area contributed by atoms with Crippen LogP contribution in [0.2, 0.25) is 0 Å². The van der Waals surface area contributed by atoms with Crippen molar-refractivity contribution in [3.63, 3.8) is 0 Å². The molecule has 0 bridgehead atoms. The van der Waals surface area contributed by atoms with Gasteiger partial charge >= 0.3 is 0 Å². The van der Waals surface area contributed by atoms with Crippen molar-refractivity contribution in [2.75, 3.05) is 20.6 Å². The maximum atomic E-state index is 11.9. The van der Waals surface area contributed by atoms with E-state index >= 15 is 0 Å². The molecule has 1 aliphatic rings. The third-order valence-electron chi connectivity index (χ3n) is 2.74. The fourth-order valence-electron chi connectivity index (χ4n) is 2.16. The van der Waals surface area contributed by atoms with Gasteiger partial charge in [-0.25, -0.2) is 0 Å². The van der Waals surface area contributed by atoms with E-state index in [4.69, 9.17) is 0 Å². The molecule has 1 fully saturated rings. The summed E-state index contributed by atoms with van der Waals surface area (Å²) in [5.41, 5.74) is -0.238. The summed E-state index contributed by atoms with van der Waals surface area (Å²) in [6, 6.07) is 0. The molecule has 76 valence electrons. The van der Waals surface area contributed by atoms with Crippen LogP contribution in [-0.4, -0.2) is 37.0 Å². The molecule has 1 atom stereocenters. The second kappa shape index (κ2) is 4.09. The number of amides is 1. The molecule has 0 aliphatic carbocycles. The molecule has 1 heterocycles. The highest BCUT2D eigenvalue weighted by molar-refractivity contribution is 5.86. The van der Waals surface area contributed by atoms with Crippen molar-refractivity contribution in [2.24, 2.45) is 0 Å². The normalized spacial score (nSPS) is 27.6. The summed E-state index contributed by atoms with van der Waals surface area (Å²) >= 11 is 0. The quantitative estimate of drug-likeness (QED) is 0.709. The number of nitrogens with zero attached hydrogens (tertiary/aromatic N) is 1. The monoisotopic (exact) mass is 184 g/mol. The summed E-state index contributed by atoms with van der Waals surface area (Å²) in [6.07, 6.45) is 4.15. The highest BCUT2D eigenvalue weighted by Crippen LogP contribution is 2.26. The smallest absolute Gasteiger partial charge is 0.242 e. The predicted molar refractivity (Wildman–Crippen MR) is 53.6 cm³/mol. The van der Waals surface area contributed by atoms with Crippen LogP contribution < -0.4 is 5.32 Å². The van der Waals surface area contributed by atoms with Crippen LogP contribution in [0.3, 0.4) is 0 Å². The van der Waals surface area contributed by atoms with Gasteiger partial charge in [0.2, 0.25) is 5.91 Å². The molecule has 3 nitrogen and oxygen atoms in total. The molecule has 0 radical (unpaired) electrons. The molecule has 13 heavy (non-hydrogen) atoms. The van der Waals surface area contributed by atoms with E-state index in [0.717, 1.165) is 32.2 Å². The average molecular weight is 184 g/mol. The lowest BCUT2D eigenvalue weighted by Gasteiger charge is -2.30. The lowest BCUT2D eigenvalue weighted by atomic mass is 9.90. The fraction of sp³-hybridized carbons (Fsp3) is 0.900. The van der Waals surface area contributed by atoms with E-state index in [0.29, 0.717) is 0 Å². The SMILES string of the molecule is CCCC1(C(=O)N(C)C)CCCN1. The second-order valence-corrected chi connectivity index (χ2v) is 4.06. The minimum Gasteiger partial charge on any atom is -0.347 e. The summed E-state index contributed by atoms with van der Waals surface area (Å²) in [6.45, 7) is 3.12. The number of carbonyl (C=O) groups excluding carboxylic acids is 1. The fourth-order valence-corrected chi connectivity index (χ4v) is 2.16. The summed E-state index contributed by atoms with van der Waals surface area (Å²) < 4.78 is 0. The van der Waals surface area contributed by atoms with Crippen LogP contribution in [-0.2, 0) is 4.79 Å². The maximum Gasteiger partial charge on any atom is 0.242 e. The Kier molecular flexibility index (Phi) is 3.31. The number of hydrogen-bond acceptors (Lipinski definition) is 2. The molecule has 1 saturated heterocycles. The first-order valence-corrected chi connectivity index (χ1v) is 5.09. The van der Waals surface area contributed by atoms with Crippen LogP contribution >= 0.6 is 0 Å². The van der Waals surface area contributed by atoms with E-state index in [1.54, 1.807) is 4.90 Å². The third kappa shape index (κ3) is 2.02. The average Bonchev–Trinajstić information content (AvgIpc) is 2.53. The first-order valence-electron chi connectivity index (χ1n) is 5.09. The molecule has 1 unspecified atom stereocenters. The zero-order chi connectivity index (χ0) is 9.90. The van der Waals surface area contributed by atoms with Gasteiger partial charge in [-0.1, -0.05) is 13.3 Å². The van der Waals surface area contributed by atoms with E-state index in [9.17, 15) is 4.79 Å². The van der Waals surface area contributed by atoms with Crippen molar-refractivity contribution in [1.82, 2.24) is 10.2 Å². The van der Waals surface area contributed by atoms with Gasteiger partial charge in [-0.2, -0.15) is 0 Å². The number of nitrogens with one attached hydrogen (secondary N) is 1. The Balaban J connectivity index is 2.71. The van der Waals surface area contributed by atoms with Crippen LogP contribution in [0.4, 0.5) is 0 Å². The number of rotatable bonds is 3. The van der Waals surface area contributed by atoms with Gasteiger partial charge in [-0.3, -0.25) is 4.79 Å². The first kappa shape index (κ1) is 10.5. The molecular formula is C10H20N2O. The Labute approximate surface area is 80.5 Å². The minimum atomic E-state index is -0.238. The first-order chi connectivity index (χ1) is 6.12. The summed E-state index contributed by atoms with van der Waals surface area (Å²) in [5.74, 6) is 0.242. The summed E-state index contributed by atoms with van der Waals surface area (Å²) in [7, 11) is 3.67. The summed E-state index contributed by atoms with van der Waals surface area (Å²) in [4.78, 5) is 13.6. The van der Waals surface area contributed by atoms with Crippen molar-refractivity contribution in [1.29, 1.82) is 0 Å². The summed E-state index contributed by atoms with van der Waals surface area (Å²) in [5, 5.41) is 3.36. The standard InChI is InChI=1S/C10H20N2O/c1-4-6-10(7-5-8-11-10)9(13)12(2)3/h11H,4-8H2,1-3H3. The molecule has 0 saturated carbocycles. The van der Waals surface area contributed by atoms with Crippen molar-refractivity contribution in [2.45, 2.75) is 38.1 Å². The molecule has 0 spiro atoms. The molecule has 1 amide bonds. The third-order valence-corrected chi connectivity index (χ3v) is 2.74. The van der Waals surface area contributed by atoms with Gasteiger partial charge in [0.15, 0.2) is 0 Å². The number of likely N-dealkylation sites (N-methyl/N-ethyl adjacent to an activating group) is 1. The van der Waals surface area contributed by atoms with Crippen molar-refractivity contribution < 1.29 is 4.79 Å². The number of carbonyl (C=O) groups is 1. The molecule has 1 aliphatic heterocycles. The highest BCUT2D eigenvalue weighted by Gasteiger charge is 2.40. The molecule has 1 N–H and O–H groups in total. The highest BCUT2D eigenvalue weighted by atomic mass is 16.2. The van der Waals surface area contributed by atoms with Crippen LogP contribution in [0.15, 0.2) is 0 Å². The van der Waals surface area contributed by atoms with Gasteiger partial charge in [0.05, 0.1) is 5.54 Å².